The second-order valence-electron chi connectivity index (χ2n) is 4.45. The highest BCUT2D eigenvalue weighted by atomic mass is 16.6. The van der Waals surface area contributed by atoms with Crippen molar-refractivity contribution in [2.24, 2.45) is 0 Å². The maximum absolute atomic E-state index is 10.7. The first-order chi connectivity index (χ1) is 10.1. The third-order valence-electron chi connectivity index (χ3n) is 2.75. The van der Waals surface area contributed by atoms with Gasteiger partial charge < -0.3 is 10.1 Å². The van der Waals surface area contributed by atoms with Gasteiger partial charge in [0, 0.05) is 30.9 Å². The standard InChI is InChI=1S/C14H16N4O3/c1-3-7-15-14-16-8-6-13(17-14)21-12-5-4-11(18(19)20)9-10(12)2/h4-6,8-9H,3,7H2,1-2H3,(H,15,16,17). The molecule has 0 saturated carbocycles. The number of aryl methyl sites for hydroxylation is 1. The summed E-state index contributed by atoms with van der Waals surface area (Å²) in [7, 11) is 0. The first-order valence-electron chi connectivity index (χ1n) is 6.60. The fraction of sp³-hybridized carbons (Fsp3) is 0.286. The second-order valence-corrected chi connectivity index (χ2v) is 4.45. The van der Waals surface area contributed by atoms with E-state index >= 15 is 0 Å². The highest BCUT2D eigenvalue weighted by molar-refractivity contribution is 5.44. The van der Waals surface area contributed by atoms with Crippen molar-refractivity contribution in [2.45, 2.75) is 20.3 Å². The molecule has 21 heavy (non-hydrogen) atoms. The zero-order chi connectivity index (χ0) is 15.2. The summed E-state index contributed by atoms with van der Waals surface area (Å²) in [6.45, 7) is 4.58. The van der Waals surface area contributed by atoms with Gasteiger partial charge in [0.2, 0.25) is 11.8 Å². The van der Waals surface area contributed by atoms with Crippen LogP contribution in [0.5, 0.6) is 11.6 Å². The normalized spacial score (nSPS) is 10.2. The third-order valence-corrected chi connectivity index (χ3v) is 2.75. The topological polar surface area (TPSA) is 90.2 Å². The molecule has 7 nitrogen and oxygen atoms in total. The molecule has 0 aliphatic carbocycles. The Bertz CT molecular complexity index is 646. The summed E-state index contributed by atoms with van der Waals surface area (Å²) < 4.78 is 5.65. The molecule has 0 atom stereocenters. The zero-order valence-corrected chi connectivity index (χ0v) is 11.9. The number of nitro groups is 1. The van der Waals surface area contributed by atoms with Gasteiger partial charge in [-0.3, -0.25) is 10.1 Å². The molecular weight excluding hydrogens is 272 g/mol. The molecule has 110 valence electrons. The number of anilines is 1. The molecule has 0 aliphatic rings. The maximum atomic E-state index is 10.7. The lowest BCUT2D eigenvalue weighted by molar-refractivity contribution is -0.384. The largest absolute Gasteiger partial charge is 0.439 e. The van der Waals surface area contributed by atoms with E-state index in [4.69, 9.17) is 4.74 Å². The van der Waals surface area contributed by atoms with Gasteiger partial charge in [0.05, 0.1) is 4.92 Å². The molecule has 2 aromatic rings. The Morgan fingerprint density at radius 1 is 1.38 bits per heavy atom. The first kappa shape index (κ1) is 14.7. The van der Waals surface area contributed by atoms with Gasteiger partial charge in [0.25, 0.3) is 5.69 Å². The van der Waals surface area contributed by atoms with Crippen molar-refractivity contribution in [1.29, 1.82) is 0 Å². The number of nitrogens with one attached hydrogen (secondary N) is 1. The SMILES string of the molecule is CCCNc1nccc(Oc2ccc([N+](=O)[O-])cc2C)n1. The Morgan fingerprint density at radius 2 is 2.19 bits per heavy atom. The number of benzene rings is 1. The number of hydrogen-bond acceptors (Lipinski definition) is 6. The van der Waals surface area contributed by atoms with E-state index in [-0.39, 0.29) is 5.69 Å². The highest BCUT2D eigenvalue weighted by Gasteiger charge is 2.10. The van der Waals surface area contributed by atoms with Gasteiger partial charge >= 0.3 is 0 Å². The molecule has 2 rings (SSSR count). The van der Waals surface area contributed by atoms with E-state index in [1.165, 1.54) is 12.1 Å². The minimum Gasteiger partial charge on any atom is -0.439 e. The Kier molecular flexibility index (Phi) is 4.65. The molecule has 1 N–H and O–H groups in total. The highest BCUT2D eigenvalue weighted by Crippen LogP contribution is 2.27. The fourth-order valence-corrected chi connectivity index (χ4v) is 1.70. The second kappa shape index (κ2) is 6.65. The lowest BCUT2D eigenvalue weighted by Crippen LogP contribution is -2.04. The minimum atomic E-state index is -0.436. The molecule has 0 bridgehead atoms. The molecule has 1 aromatic heterocycles. The zero-order valence-electron chi connectivity index (χ0n) is 11.9. The molecule has 7 heteroatoms. The molecule has 0 amide bonds. The van der Waals surface area contributed by atoms with Gasteiger partial charge in [0.1, 0.15) is 5.75 Å². The van der Waals surface area contributed by atoms with Crippen LogP contribution in [0, 0.1) is 17.0 Å². The number of hydrogen-bond donors (Lipinski definition) is 1. The van der Waals surface area contributed by atoms with Crippen LogP contribution in [0.4, 0.5) is 11.6 Å². The van der Waals surface area contributed by atoms with Crippen LogP contribution in [0.3, 0.4) is 0 Å². The van der Waals surface area contributed by atoms with Gasteiger partial charge in [-0.25, -0.2) is 4.98 Å². The molecule has 1 heterocycles. The molecule has 0 saturated heterocycles. The molecule has 0 spiro atoms. The summed E-state index contributed by atoms with van der Waals surface area (Å²) in [6.07, 6.45) is 2.57. The number of ether oxygens (including phenoxy) is 1. The number of non-ortho nitro benzene ring substituents is 1. The van der Waals surface area contributed by atoms with Crippen LogP contribution in [0.15, 0.2) is 30.5 Å². The van der Waals surface area contributed by atoms with Gasteiger partial charge in [-0.05, 0) is 25.0 Å². The quantitative estimate of drug-likeness (QED) is 0.647. The van der Waals surface area contributed by atoms with E-state index in [1.807, 2.05) is 6.92 Å². The van der Waals surface area contributed by atoms with E-state index in [9.17, 15) is 10.1 Å². The van der Waals surface area contributed by atoms with Crippen molar-refractivity contribution in [1.82, 2.24) is 9.97 Å². The lowest BCUT2D eigenvalue weighted by Gasteiger charge is -2.09. The van der Waals surface area contributed by atoms with E-state index in [0.29, 0.717) is 23.1 Å². The van der Waals surface area contributed by atoms with Crippen LogP contribution < -0.4 is 10.1 Å². The Balaban J connectivity index is 2.16. The van der Waals surface area contributed by atoms with Crippen LogP contribution in [-0.2, 0) is 0 Å². The maximum Gasteiger partial charge on any atom is 0.269 e. The predicted molar refractivity (Wildman–Crippen MR) is 78.7 cm³/mol. The summed E-state index contributed by atoms with van der Waals surface area (Å²) in [4.78, 5) is 18.6. The van der Waals surface area contributed by atoms with Crippen molar-refractivity contribution in [3.8, 4) is 11.6 Å². The van der Waals surface area contributed by atoms with E-state index < -0.39 is 4.92 Å². The number of rotatable bonds is 6. The lowest BCUT2D eigenvalue weighted by atomic mass is 10.2. The van der Waals surface area contributed by atoms with Crippen molar-refractivity contribution >= 4 is 11.6 Å². The Morgan fingerprint density at radius 3 is 2.86 bits per heavy atom. The average molecular weight is 288 g/mol. The Hall–Kier alpha value is -2.70. The average Bonchev–Trinajstić information content (AvgIpc) is 2.47. The van der Waals surface area contributed by atoms with E-state index in [1.54, 1.807) is 25.3 Å². The van der Waals surface area contributed by atoms with Crippen LogP contribution in [0.25, 0.3) is 0 Å². The smallest absolute Gasteiger partial charge is 0.269 e. The van der Waals surface area contributed by atoms with Crippen LogP contribution in [0.2, 0.25) is 0 Å². The third kappa shape index (κ3) is 3.88. The fourth-order valence-electron chi connectivity index (χ4n) is 1.70. The monoisotopic (exact) mass is 288 g/mol. The summed E-state index contributed by atoms with van der Waals surface area (Å²) in [5.74, 6) is 1.41. The molecule has 0 unspecified atom stereocenters. The summed E-state index contributed by atoms with van der Waals surface area (Å²) in [5.41, 5.74) is 0.707. The van der Waals surface area contributed by atoms with Gasteiger partial charge in [-0.2, -0.15) is 4.98 Å². The molecule has 0 radical (unpaired) electrons. The van der Waals surface area contributed by atoms with Crippen LogP contribution >= 0.6 is 0 Å². The van der Waals surface area contributed by atoms with Crippen LogP contribution in [0.1, 0.15) is 18.9 Å². The van der Waals surface area contributed by atoms with Crippen LogP contribution in [-0.4, -0.2) is 21.4 Å². The summed E-state index contributed by atoms with van der Waals surface area (Å²) >= 11 is 0. The number of nitro benzene ring substituents is 1. The van der Waals surface area contributed by atoms with Crippen molar-refractivity contribution in [2.75, 3.05) is 11.9 Å². The van der Waals surface area contributed by atoms with Gasteiger partial charge in [0.15, 0.2) is 0 Å². The van der Waals surface area contributed by atoms with E-state index in [2.05, 4.69) is 15.3 Å². The molecule has 0 aliphatic heterocycles. The predicted octanol–water partition coefficient (Wildman–Crippen LogP) is 3.31. The van der Waals surface area contributed by atoms with Gasteiger partial charge in [-0.1, -0.05) is 6.92 Å². The number of nitrogens with zero attached hydrogens (tertiary/aromatic N) is 3. The number of aromatic nitrogens is 2. The molecular formula is C14H16N4O3. The van der Waals surface area contributed by atoms with Gasteiger partial charge in [-0.15, -0.1) is 0 Å². The van der Waals surface area contributed by atoms with Crippen molar-refractivity contribution < 1.29 is 9.66 Å². The molecule has 0 fully saturated rings. The molecule has 1 aromatic carbocycles. The van der Waals surface area contributed by atoms with Crippen molar-refractivity contribution in [3.05, 3.63) is 46.1 Å². The minimum absolute atomic E-state index is 0.0350. The summed E-state index contributed by atoms with van der Waals surface area (Å²) in [6, 6.07) is 6.07. The van der Waals surface area contributed by atoms with E-state index in [0.717, 1.165) is 13.0 Å². The van der Waals surface area contributed by atoms with Crippen molar-refractivity contribution in [3.63, 3.8) is 0 Å². The summed E-state index contributed by atoms with van der Waals surface area (Å²) in [5, 5.41) is 13.8. The Labute approximate surface area is 122 Å². The first-order valence-corrected chi connectivity index (χ1v) is 6.60.